The van der Waals surface area contributed by atoms with E-state index in [1.165, 1.54) is 37.4 Å². The second-order valence-electron chi connectivity index (χ2n) is 6.41. The van der Waals surface area contributed by atoms with Crippen LogP contribution in [-0.4, -0.2) is 25.6 Å². The van der Waals surface area contributed by atoms with Crippen molar-refractivity contribution in [1.82, 2.24) is 0 Å². The van der Waals surface area contributed by atoms with Crippen LogP contribution in [0.25, 0.3) is 0 Å². The van der Waals surface area contributed by atoms with Crippen LogP contribution >= 0.6 is 0 Å². The minimum Gasteiger partial charge on any atom is -0.493 e. The molecular formula is C23H18F3NO5. The van der Waals surface area contributed by atoms with Gasteiger partial charge in [0.2, 0.25) is 6.10 Å². The quantitative estimate of drug-likeness (QED) is 0.496. The number of anilines is 1. The van der Waals surface area contributed by atoms with Crippen molar-refractivity contribution in [3.63, 3.8) is 0 Å². The molecule has 6 nitrogen and oxygen atoms in total. The van der Waals surface area contributed by atoms with Crippen molar-refractivity contribution in [1.29, 1.82) is 0 Å². The largest absolute Gasteiger partial charge is 0.493 e. The Hall–Kier alpha value is -4.01. The third-order valence-electron chi connectivity index (χ3n) is 4.30. The maximum atomic E-state index is 13.1. The molecule has 0 spiro atoms. The van der Waals surface area contributed by atoms with Crippen LogP contribution in [0.3, 0.4) is 0 Å². The number of nitrogens with one attached hydrogen (secondary N) is 1. The number of esters is 1. The van der Waals surface area contributed by atoms with E-state index in [9.17, 15) is 22.8 Å². The SMILES string of the molecule is COc1cccc(C(=O)OC(C(=O)Nc2ccc(F)cc2)c2ccccc2)c1OC(F)F. The van der Waals surface area contributed by atoms with Crippen LogP contribution in [-0.2, 0) is 9.53 Å². The lowest BCUT2D eigenvalue weighted by atomic mass is 10.1. The van der Waals surface area contributed by atoms with Gasteiger partial charge in [-0.05, 0) is 36.4 Å². The Morgan fingerprint density at radius 1 is 0.906 bits per heavy atom. The second kappa shape index (κ2) is 10.3. The Balaban J connectivity index is 1.91. The van der Waals surface area contributed by atoms with Crippen LogP contribution in [0.15, 0.2) is 72.8 Å². The van der Waals surface area contributed by atoms with E-state index in [0.29, 0.717) is 5.56 Å². The summed E-state index contributed by atoms with van der Waals surface area (Å²) in [7, 11) is 1.23. The van der Waals surface area contributed by atoms with Gasteiger partial charge in [0.1, 0.15) is 11.4 Å². The number of halogens is 3. The molecule has 9 heteroatoms. The molecule has 0 aromatic heterocycles. The first kappa shape index (κ1) is 22.7. The Morgan fingerprint density at radius 2 is 1.59 bits per heavy atom. The molecule has 3 aromatic carbocycles. The smallest absolute Gasteiger partial charge is 0.387 e. The highest BCUT2D eigenvalue weighted by atomic mass is 19.3. The van der Waals surface area contributed by atoms with Gasteiger partial charge in [0.15, 0.2) is 11.5 Å². The zero-order chi connectivity index (χ0) is 23.1. The Labute approximate surface area is 181 Å². The summed E-state index contributed by atoms with van der Waals surface area (Å²) >= 11 is 0. The summed E-state index contributed by atoms with van der Waals surface area (Å²) < 4.78 is 53.7. The van der Waals surface area contributed by atoms with E-state index in [4.69, 9.17) is 9.47 Å². The number of carbonyl (C=O) groups excluding carboxylic acids is 2. The first-order valence-corrected chi connectivity index (χ1v) is 9.33. The number of hydrogen-bond donors (Lipinski definition) is 1. The molecule has 1 amide bonds. The molecule has 3 rings (SSSR count). The fourth-order valence-electron chi connectivity index (χ4n) is 2.86. The molecule has 3 aromatic rings. The highest BCUT2D eigenvalue weighted by Crippen LogP contribution is 2.34. The van der Waals surface area contributed by atoms with Crippen LogP contribution in [0.1, 0.15) is 22.0 Å². The van der Waals surface area contributed by atoms with E-state index in [-0.39, 0.29) is 17.0 Å². The lowest BCUT2D eigenvalue weighted by Gasteiger charge is -2.19. The van der Waals surface area contributed by atoms with E-state index in [1.807, 2.05) is 0 Å². The summed E-state index contributed by atoms with van der Waals surface area (Å²) in [6.45, 7) is -3.22. The van der Waals surface area contributed by atoms with Gasteiger partial charge in [0.05, 0.1) is 7.11 Å². The summed E-state index contributed by atoms with van der Waals surface area (Å²) in [4.78, 5) is 25.8. The molecule has 1 atom stereocenters. The standard InChI is InChI=1S/C23H18F3NO5/c1-30-18-9-5-8-17(20(18)32-23(25)26)22(29)31-19(14-6-3-2-4-7-14)21(28)27-16-12-10-15(24)11-13-16/h2-13,19,23H,1H3,(H,27,28). The molecule has 0 saturated heterocycles. The average molecular weight is 445 g/mol. The summed E-state index contributed by atoms with van der Waals surface area (Å²) in [6, 6.07) is 17.0. The van der Waals surface area contributed by atoms with Gasteiger partial charge in [-0.15, -0.1) is 0 Å². The minimum absolute atomic E-state index is 0.105. The highest BCUT2D eigenvalue weighted by molar-refractivity contribution is 5.99. The summed E-state index contributed by atoms with van der Waals surface area (Å²) in [6.07, 6.45) is -1.43. The van der Waals surface area contributed by atoms with Gasteiger partial charge < -0.3 is 19.5 Å². The third-order valence-corrected chi connectivity index (χ3v) is 4.30. The summed E-state index contributed by atoms with van der Waals surface area (Å²) in [5.41, 5.74) is 0.260. The third kappa shape index (κ3) is 5.57. The van der Waals surface area contributed by atoms with Crippen LogP contribution in [0, 0.1) is 5.82 Å². The number of hydrogen-bond acceptors (Lipinski definition) is 5. The number of ether oxygens (including phenoxy) is 3. The lowest BCUT2D eigenvalue weighted by molar-refractivity contribution is -0.125. The maximum Gasteiger partial charge on any atom is 0.387 e. The minimum atomic E-state index is -3.22. The highest BCUT2D eigenvalue weighted by Gasteiger charge is 2.29. The first-order valence-electron chi connectivity index (χ1n) is 9.33. The van der Waals surface area contributed by atoms with Gasteiger partial charge in [-0.25, -0.2) is 9.18 Å². The molecule has 0 heterocycles. The van der Waals surface area contributed by atoms with Gasteiger partial charge >= 0.3 is 12.6 Å². The number of rotatable bonds is 8. The molecule has 0 aliphatic rings. The monoisotopic (exact) mass is 445 g/mol. The zero-order valence-electron chi connectivity index (χ0n) is 16.8. The number of methoxy groups -OCH3 is 1. The van der Waals surface area contributed by atoms with Crippen LogP contribution in [0.5, 0.6) is 11.5 Å². The van der Waals surface area contributed by atoms with Gasteiger partial charge in [0, 0.05) is 11.3 Å². The lowest BCUT2D eigenvalue weighted by Crippen LogP contribution is -2.26. The second-order valence-corrected chi connectivity index (χ2v) is 6.41. The molecule has 0 radical (unpaired) electrons. The molecule has 1 unspecified atom stereocenters. The molecular weight excluding hydrogens is 427 g/mol. The van der Waals surface area contributed by atoms with E-state index in [2.05, 4.69) is 10.1 Å². The summed E-state index contributed by atoms with van der Waals surface area (Å²) in [5.74, 6) is -2.91. The Morgan fingerprint density at radius 3 is 2.22 bits per heavy atom. The summed E-state index contributed by atoms with van der Waals surface area (Å²) in [5, 5.41) is 2.54. The maximum absolute atomic E-state index is 13.1. The van der Waals surface area contributed by atoms with E-state index in [1.54, 1.807) is 30.3 Å². The van der Waals surface area contributed by atoms with Crippen molar-refractivity contribution >= 4 is 17.6 Å². The molecule has 32 heavy (non-hydrogen) atoms. The Kier molecular flexibility index (Phi) is 7.33. The van der Waals surface area contributed by atoms with E-state index in [0.717, 1.165) is 12.1 Å². The molecule has 1 N–H and O–H groups in total. The normalized spacial score (nSPS) is 11.5. The number of amides is 1. The fraction of sp³-hybridized carbons (Fsp3) is 0.130. The topological polar surface area (TPSA) is 73.9 Å². The van der Waals surface area contributed by atoms with Crippen molar-refractivity contribution in [3.8, 4) is 11.5 Å². The zero-order valence-corrected chi connectivity index (χ0v) is 16.8. The van der Waals surface area contributed by atoms with Crippen LogP contribution in [0.2, 0.25) is 0 Å². The number of benzene rings is 3. The van der Waals surface area contributed by atoms with Crippen molar-refractivity contribution in [3.05, 3.63) is 89.7 Å². The van der Waals surface area contributed by atoms with Gasteiger partial charge in [-0.1, -0.05) is 36.4 Å². The van der Waals surface area contributed by atoms with E-state index < -0.39 is 36.2 Å². The first-order chi connectivity index (χ1) is 15.4. The van der Waals surface area contributed by atoms with Gasteiger partial charge in [-0.3, -0.25) is 4.79 Å². The van der Waals surface area contributed by atoms with Gasteiger partial charge in [-0.2, -0.15) is 8.78 Å². The predicted octanol–water partition coefficient (Wildman–Crippen LogP) is 4.97. The number of carbonyl (C=O) groups is 2. The molecule has 166 valence electrons. The van der Waals surface area contributed by atoms with Crippen molar-refractivity contribution in [2.24, 2.45) is 0 Å². The van der Waals surface area contributed by atoms with Crippen molar-refractivity contribution in [2.45, 2.75) is 12.7 Å². The molecule has 0 aliphatic heterocycles. The molecule has 0 saturated carbocycles. The van der Waals surface area contributed by atoms with Crippen LogP contribution in [0.4, 0.5) is 18.9 Å². The average Bonchev–Trinajstić information content (AvgIpc) is 2.79. The van der Waals surface area contributed by atoms with Crippen LogP contribution < -0.4 is 14.8 Å². The van der Waals surface area contributed by atoms with E-state index >= 15 is 0 Å². The predicted molar refractivity (Wildman–Crippen MR) is 109 cm³/mol. The fourth-order valence-corrected chi connectivity index (χ4v) is 2.86. The van der Waals surface area contributed by atoms with Gasteiger partial charge in [0.25, 0.3) is 5.91 Å². The molecule has 0 aliphatic carbocycles. The molecule has 0 fully saturated rings. The van der Waals surface area contributed by atoms with Crippen molar-refractivity contribution < 1.29 is 37.0 Å². The Bertz CT molecular complexity index is 1070. The number of alkyl halides is 2. The van der Waals surface area contributed by atoms with Crippen molar-refractivity contribution in [2.75, 3.05) is 12.4 Å². The molecule has 0 bridgehead atoms. The number of para-hydroxylation sites is 1.